The van der Waals surface area contributed by atoms with Gasteiger partial charge < -0.3 is 5.73 Å². The molecule has 1 aromatic rings. The van der Waals surface area contributed by atoms with Crippen molar-refractivity contribution < 1.29 is 8.42 Å². The van der Waals surface area contributed by atoms with Crippen LogP contribution in [0.3, 0.4) is 0 Å². The molecule has 0 aromatic carbocycles. The summed E-state index contributed by atoms with van der Waals surface area (Å²) in [6.45, 7) is 0.988. The molecule has 1 aliphatic heterocycles. The third kappa shape index (κ3) is 1.70. The van der Waals surface area contributed by atoms with Gasteiger partial charge in [-0.3, -0.25) is 0 Å². The minimum atomic E-state index is -3.26. The summed E-state index contributed by atoms with van der Waals surface area (Å²) >= 11 is 1.25. The SMILES string of the molecule is NC1CCN(S(=O)(=O)c2cccs2)C1. The highest BCUT2D eigenvalue weighted by molar-refractivity contribution is 7.91. The molecule has 4 nitrogen and oxygen atoms in total. The first kappa shape index (κ1) is 10.1. The van der Waals surface area contributed by atoms with Gasteiger partial charge in [-0.15, -0.1) is 11.3 Å². The maximum absolute atomic E-state index is 11.9. The topological polar surface area (TPSA) is 63.4 Å². The monoisotopic (exact) mass is 232 g/mol. The molecule has 2 N–H and O–H groups in total. The summed E-state index contributed by atoms with van der Waals surface area (Å²) in [6, 6.07) is 3.36. The normalized spacial score (nSPS) is 24.2. The van der Waals surface area contributed by atoms with Gasteiger partial charge in [0.15, 0.2) is 0 Å². The molecule has 2 heterocycles. The Morgan fingerprint density at radius 3 is 2.86 bits per heavy atom. The van der Waals surface area contributed by atoms with Gasteiger partial charge in [-0.05, 0) is 17.9 Å². The number of nitrogens with zero attached hydrogens (tertiary/aromatic N) is 1. The summed E-state index contributed by atoms with van der Waals surface area (Å²) in [5, 5.41) is 1.77. The Kier molecular flexibility index (Phi) is 2.61. The summed E-state index contributed by atoms with van der Waals surface area (Å²) < 4.78 is 25.7. The van der Waals surface area contributed by atoms with Crippen molar-refractivity contribution in [3.05, 3.63) is 17.5 Å². The van der Waals surface area contributed by atoms with Gasteiger partial charge in [0.25, 0.3) is 10.0 Å². The Hall–Kier alpha value is -0.430. The number of nitrogens with two attached hydrogens (primary N) is 1. The van der Waals surface area contributed by atoms with Gasteiger partial charge in [0.05, 0.1) is 0 Å². The maximum Gasteiger partial charge on any atom is 0.252 e. The molecule has 1 aliphatic rings. The van der Waals surface area contributed by atoms with Crippen molar-refractivity contribution >= 4 is 21.4 Å². The van der Waals surface area contributed by atoms with Crippen molar-refractivity contribution in [2.24, 2.45) is 5.73 Å². The second kappa shape index (κ2) is 3.62. The molecule has 0 radical (unpaired) electrons. The predicted molar refractivity (Wildman–Crippen MR) is 55.7 cm³/mol. The fourth-order valence-electron chi connectivity index (χ4n) is 1.51. The van der Waals surface area contributed by atoms with E-state index >= 15 is 0 Å². The Morgan fingerprint density at radius 2 is 2.36 bits per heavy atom. The van der Waals surface area contributed by atoms with E-state index in [0.717, 1.165) is 6.42 Å². The van der Waals surface area contributed by atoms with Crippen LogP contribution in [-0.4, -0.2) is 31.9 Å². The van der Waals surface area contributed by atoms with Crippen LogP contribution in [-0.2, 0) is 10.0 Å². The zero-order valence-corrected chi connectivity index (χ0v) is 9.22. The number of thiophene rings is 1. The van der Waals surface area contributed by atoms with E-state index in [1.54, 1.807) is 17.5 Å². The predicted octanol–water partition coefficient (Wildman–Crippen LogP) is 0.470. The molecule has 2 rings (SSSR count). The first-order valence-electron chi connectivity index (χ1n) is 4.40. The molecule has 0 aliphatic carbocycles. The van der Waals surface area contributed by atoms with Crippen molar-refractivity contribution in [1.29, 1.82) is 0 Å². The molecule has 14 heavy (non-hydrogen) atoms. The van der Waals surface area contributed by atoms with Crippen molar-refractivity contribution in [1.82, 2.24) is 4.31 Å². The Labute approximate surface area is 87.4 Å². The van der Waals surface area contributed by atoms with Crippen LogP contribution >= 0.6 is 11.3 Å². The summed E-state index contributed by atoms with van der Waals surface area (Å²) in [5.41, 5.74) is 5.67. The van der Waals surface area contributed by atoms with Gasteiger partial charge in [-0.1, -0.05) is 6.07 Å². The third-order valence-corrected chi connectivity index (χ3v) is 5.51. The first-order chi connectivity index (χ1) is 6.60. The molecule has 0 saturated carbocycles. The highest BCUT2D eigenvalue weighted by atomic mass is 32.2. The Morgan fingerprint density at radius 1 is 1.57 bits per heavy atom. The lowest BCUT2D eigenvalue weighted by atomic mass is 10.3. The molecule has 0 bridgehead atoms. The number of sulfonamides is 1. The van der Waals surface area contributed by atoms with Crippen LogP contribution in [0.15, 0.2) is 21.7 Å². The second-order valence-electron chi connectivity index (χ2n) is 3.34. The standard InChI is InChI=1S/C8H12N2O2S2/c9-7-3-4-10(6-7)14(11,12)8-2-1-5-13-8/h1-2,5,7H,3-4,6,9H2. The summed E-state index contributed by atoms with van der Waals surface area (Å²) in [4.78, 5) is 0. The van der Waals surface area contributed by atoms with Crippen molar-refractivity contribution in [2.45, 2.75) is 16.7 Å². The molecule has 78 valence electrons. The van der Waals surface area contributed by atoms with E-state index in [1.165, 1.54) is 15.6 Å². The van der Waals surface area contributed by atoms with E-state index in [-0.39, 0.29) is 6.04 Å². The lowest BCUT2D eigenvalue weighted by Crippen LogP contribution is -2.31. The lowest BCUT2D eigenvalue weighted by molar-refractivity contribution is 0.474. The van der Waals surface area contributed by atoms with Crippen LogP contribution in [0.1, 0.15) is 6.42 Å². The van der Waals surface area contributed by atoms with Gasteiger partial charge in [-0.2, -0.15) is 4.31 Å². The second-order valence-corrected chi connectivity index (χ2v) is 6.46. The Balaban J connectivity index is 2.26. The van der Waals surface area contributed by atoms with Gasteiger partial charge in [-0.25, -0.2) is 8.42 Å². The minimum Gasteiger partial charge on any atom is -0.326 e. The van der Waals surface area contributed by atoms with Crippen LogP contribution in [0, 0.1) is 0 Å². The number of rotatable bonds is 2. The quantitative estimate of drug-likeness (QED) is 0.806. The molecule has 0 amide bonds. The molecular formula is C8H12N2O2S2. The van der Waals surface area contributed by atoms with E-state index in [9.17, 15) is 8.42 Å². The average Bonchev–Trinajstić information content (AvgIpc) is 2.72. The van der Waals surface area contributed by atoms with Crippen LogP contribution in [0.5, 0.6) is 0 Å². The molecule has 1 unspecified atom stereocenters. The fraction of sp³-hybridized carbons (Fsp3) is 0.500. The van der Waals surface area contributed by atoms with Gasteiger partial charge in [0, 0.05) is 19.1 Å². The van der Waals surface area contributed by atoms with Gasteiger partial charge in [0.1, 0.15) is 4.21 Å². The van der Waals surface area contributed by atoms with Crippen molar-refractivity contribution in [2.75, 3.05) is 13.1 Å². The van der Waals surface area contributed by atoms with E-state index < -0.39 is 10.0 Å². The van der Waals surface area contributed by atoms with Crippen LogP contribution in [0.25, 0.3) is 0 Å². The number of hydrogen-bond donors (Lipinski definition) is 1. The number of hydrogen-bond acceptors (Lipinski definition) is 4. The van der Waals surface area contributed by atoms with Crippen LogP contribution < -0.4 is 5.73 Å². The van der Waals surface area contributed by atoms with Crippen LogP contribution in [0.2, 0.25) is 0 Å². The smallest absolute Gasteiger partial charge is 0.252 e. The fourth-order valence-corrected chi connectivity index (χ4v) is 4.17. The maximum atomic E-state index is 11.9. The third-order valence-electron chi connectivity index (χ3n) is 2.28. The Bertz CT molecular complexity index is 399. The minimum absolute atomic E-state index is 0.00950. The average molecular weight is 232 g/mol. The van der Waals surface area contributed by atoms with E-state index in [4.69, 9.17) is 5.73 Å². The van der Waals surface area contributed by atoms with E-state index in [1.807, 2.05) is 0 Å². The molecule has 0 spiro atoms. The molecule has 1 atom stereocenters. The molecule has 6 heteroatoms. The van der Waals surface area contributed by atoms with Crippen molar-refractivity contribution in [3.8, 4) is 0 Å². The largest absolute Gasteiger partial charge is 0.326 e. The zero-order valence-electron chi connectivity index (χ0n) is 7.59. The summed E-state index contributed by atoms with van der Waals surface area (Å²) in [6.07, 6.45) is 0.755. The highest BCUT2D eigenvalue weighted by Gasteiger charge is 2.31. The molecular weight excluding hydrogens is 220 g/mol. The van der Waals surface area contributed by atoms with Gasteiger partial charge in [0.2, 0.25) is 0 Å². The lowest BCUT2D eigenvalue weighted by Gasteiger charge is -2.13. The molecule has 1 saturated heterocycles. The first-order valence-corrected chi connectivity index (χ1v) is 6.72. The van der Waals surface area contributed by atoms with Crippen LogP contribution in [0.4, 0.5) is 0 Å². The summed E-state index contributed by atoms with van der Waals surface area (Å²) in [5.74, 6) is 0. The summed E-state index contributed by atoms with van der Waals surface area (Å²) in [7, 11) is -3.26. The highest BCUT2D eigenvalue weighted by Crippen LogP contribution is 2.23. The van der Waals surface area contributed by atoms with Crippen molar-refractivity contribution in [3.63, 3.8) is 0 Å². The zero-order chi connectivity index (χ0) is 10.2. The molecule has 1 aromatic heterocycles. The molecule has 1 fully saturated rings. The van der Waals surface area contributed by atoms with E-state index in [0.29, 0.717) is 17.3 Å². The van der Waals surface area contributed by atoms with Gasteiger partial charge >= 0.3 is 0 Å². The van der Waals surface area contributed by atoms with E-state index in [2.05, 4.69) is 0 Å².